The topological polar surface area (TPSA) is 73.8 Å². The number of nitrogens with zero attached hydrogens (tertiary/aromatic N) is 4. The molecule has 6 nitrogen and oxygen atoms in total. The molecule has 0 saturated carbocycles. The van der Waals surface area contributed by atoms with E-state index in [9.17, 15) is 10.1 Å². The standard InChI is InChI=1S/C13H15BrN4O2/c1-8(2)17-12(7-14)15-16-13(17)10-6-9(3)4-5-11(10)18(19)20/h4-6,8H,7H2,1-3H3. The van der Waals surface area contributed by atoms with Gasteiger partial charge in [-0.25, -0.2) is 0 Å². The summed E-state index contributed by atoms with van der Waals surface area (Å²) in [6.45, 7) is 5.90. The molecule has 0 spiro atoms. The molecule has 0 aliphatic carbocycles. The van der Waals surface area contributed by atoms with Gasteiger partial charge in [-0.15, -0.1) is 10.2 Å². The number of rotatable bonds is 4. The first-order chi connectivity index (χ1) is 9.45. The fourth-order valence-electron chi connectivity index (χ4n) is 2.13. The van der Waals surface area contributed by atoms with Crippen molar-refractivity contribution in [2.45, 2.75) is 32.1 Å². The molecule has 1 aromatic heterocycles. The van der Waals surface area contributed by atoms with Gasteiger partial charge in [-0.1, -0.05) is 22.0 Å². The number of benzene rings is 1. The second-order valence-corrected chi connectivity index (χ2v) is 5.38. The van der Waals surface area contributed by atoms with Gasteiger partial charge in [-0.2, -0.15) is 0 Å². The zero-order valence-electron chi connectivity index (χ0n) is 11.5. The highest BCUT2D eigenvalue weighted by Crippen LogP contribution is 2.31. The molecule has 2 aromatic rings. The molecule has 0 amide bonds. The number of halogens is 1. The Labute approximate surface area is 125 Å². The van der Waals surface area contributed by atoms with Crippen LogP contribution in [-0.4, -0.2) is 19.7 Å². The van der Waals surface area contributed by atoms with Crippen molar-refractivity contribution in [1.29, 1.82) is 0 Å². The van der Waals surface area contributed by atoms with Gasteiger partial charge in [-0.3, -0.25) is 10.1 Å². The van der Waals surface area contributed by atoms with Crippen LogP contribution in [0.3, 0.4) is 0 Å². The quantitative estimate of drug-likeness (QED) is 0.484. The van der Waals surface area contributed by atoms with Crippen molar-refractivity contribution in [3.63, 3.8) is 0 Å². The molecule has 1 aromatic carbocycles. The Morgan fingerprint density at radius 2 is 2.10 bits per heavy atom. The Hall–Kier alpha value is -1.76. The van der Waals surface area contributed by atoms with E-state index in [1.807, 2.05) is 25.3 Å². The highest BCUT2D eigenvalue weighted by Gasteiger charge is 2.23. The molecule has 0 radical (unpaired) electrons. The molecule has 2 rings (SSSR count). The van der Waals surface area contributed by atoms with Crippen molar-refractivity contribution in [2.24, 2.45) is 0 Å². The van der Waals surface area contributed by atoms with E-state index in [4.69, 9.17) is 0 Å². The number of aryl methyl sites for hydroxylation is 1. The Morgan fingerprint density at radius 3 is 2.65 bits per heavy atom. The summed E-state index contributed by atoms with van der Waals surface area (Å²) in [4.78, 5) is 10.8. The highest BCUT2D eigenvalue weighted by molar-refractivity contribution is 9.08. The van der Waals surface area contributed by atoms with E-state index in [-0.39, 0.29) is 16.7 Å². The zero-order chi connectivity index (χ0) is 14.9. The lowest BCUT2D eigenvalue weighted by molar-refractivity contribution is -0.384. The molecule has 0 unspecified atom stereocenters. The van der Waals surface area contributed by atoms with Crippen LogP contribution < -0.4 is 0 Å². The number of hydrogen-bond acceptors (Lipinski definition) is 4. The maximum atomic E-state index is 11.2. The van der Waals surface area contributed by atoms with Crippen LogP contribution in [0.2, 0.25) is 0 Å². The molecule has 0 aliphatic heterocycles. The fourth-order valence-corrected chi connectivity index (χ4v) is 2.51. The van der Waals surface area contributed by atoms with Crippen LogP contribution in [0.5, 0.6) is 0 Å². The van der Waals surface area contributed by atoms with E-state index in [2.05, 4.69) is 26.1 Å². The summed E-state index contributed by atoms with van der Waals surface area (Å²) in [5.41, 5.74) is 1.50. The van der Waals surface area contributed by atoms with E-state index in [0.29, 0.717) is 16.7 Å². The highest BCUT2D eigenvalue weighted by atomic mass is 79.9. The summed E-state index contributed by atoms with van der Waals surface area (Å²) in [7, 11) is 0. The number of alkyl halides is 1. The summed E-state index contributed by atoms with van der Waals surface area (Å²) in [6, 6.07) is 5.13. The second kappa shape index (κ2) is 5.70. The van der Waals surface area contributed by atoms with Gasteiger partial charge in [-0.05, 0) is 32.4 Å². The SMILES string of the molecule is Cc1ccc([N+](=O)[O-])c(-c2nnc(CBr)n2C(C)C)c1. The van der Waals surface area contributed by atoms with Crippen LogP contribution in [0.15, 0.2) is 18.2 Å². The monoisotopic (exact) mass is 338 g/mol. The minimum Gasteiger partial charge on any atom is -0.308 e. The van der Waals surface area contributed by atoms with Gasteiger partial charge in [0.25, 0.3) is 5.69 Å². The van der Waals surface area contributed by atoms with Gasteiger partial charge in [0.15, 0.2) is 5.82 Å². The maximum Gasteiger partial charge on any atom is 0.280 e. The van der Waals surface area contributed by atoms with Crippen LogP contribution in [0.4, 0.5) is 5.69 Å². The summed E-state index contributed by atoms with van der Waals surface area (Å²) in [5.74, 6) is 1.29. The molecule has 0 atom stereocenters. The van der Waals surface area contributed by atoms with E-state index >= 15 is 0 Å². The molecule has 0 saturated heterocycles. The fraction of sp³-hybridized carbons (Fsp3) is 0.385. The van der Waals surface area contributed by atoms with E-state index in [1.54, 1.807) is 12.1 Å². The van der Waals surface area contributed by atoms with Crippen LogP contribution in [-0.2, 0) is 5.33 Å². The third-order valence-corrected chi connectivity index (χ3v) is 3.49. The second-order valence-electron chi connectivity index (χ2n) is 4.81. The normalized spacial score (nSPS) is 11.1. The van der Waals surface area contributed by atoms with Gasteiger partial charge in [0.05, 0.1) is 15.8 Å². The minimum absolute atomic E-state index is 0.0472. The van der Waals surface area contributed by atoms with Gasteiger partial charge in [0.2, 0.25) is 0 Å². The van der Waals surface area contributed by atoms with Crippen LogP contribution in [0.1, 0.15) is 31.3 Å². The smallest absolute Gasteiger partial charge is 0.280 e. The molecule has 7 heteroatoms. The minimum atomic E-state index is -0.387. The molecular weight excluding hydrogens is 324 g/mol. The number of nitro benzene ring substituents is 1. The first-order valence-electron chi connectivity index (χ1n) is 6.20. The number of aromatic nitrogens is 3. The third kappa shape index (κ3) is 2.58. The predicted octanol–water partition coefficient (Wildman–Crippen LogP) is 3.64. The Kier molecular flexibility index (Phi) is 4.17. The molecule has 20 heavy (non-hydrogen) atoms. The Morgan fingerprint density at radius 1 is 1.40 bits per heavy atom. The molecular formula is C13H15BrN4O2. The lowest BCUT2D eigenvalue weighted by atomic mass is 10.1. The van der Waals surface area contributed by atoms with Crippen molar-refractivity contribution in [1.82, 2.24) is 14.8 Å². The summed E-state index contributed by atoms with van der Waals surface area (Å²) < 4.78 is 1.91. The van der Waals surface area contributed by atoms with Crippen LogP contribution in [0.25, 0.3) is 11.4 Å². The van der Waals surface area contributed by atoms with Crippen molar-refractivity contribution in [3.8, 4) is 11.4 Å². The van der Waals surface area contributed by atoms with Gasteiger partial charge in [0, 0.05) is 12.1 Å². The average molecular weight is 339 g/mol. The van der Waals surface area contributed by atoms with E-state index < -0.39 is 0 Å². The Balaban J connectivity index is 2.71. The maximum absolute atomic E-state index is 11.2. The summed E-state index contributed by atoms with van der Waals surface area (Å²) >= 11 is 3.37. The molecule has 0 bridgehead atoms. The molecule has 106 valence electrons. The lowest BCUT2D eigenvalue weighted by Crippen LogP contribution is -2.08. The van der Waals surface area contributed by atoms with Crippen LogP contribution in [0, 0.1) is 17.0 Å². The van der Waals surface area contributed by atoms with Crippen LogP contribution >= 0.6 is 15.9 Å². The largest absolute Gasteiger partial charge is 0.308 e. The first-order valence-corrected chi connectivity index (χ1v) is 7.33. The van der Waals surface area contributed by atoms with Gasteiger partial charge in [0.1, 0.15) is 5.82 Å². The first kappa shape index (κ1) is 14.6. The Bertz CT molecular complexity index is 652. The van der Waals surface area contributed by atoms with Gasteiger partial charge >= 0.3 is 0 Å². The van der Waals surface area contributed by atoms with Gasteiger partial charge < -0.3 is 4.57 Å². The summed E-state index contributed by atoms with van der Waals surface area (Å²) in [5, 5.41) is 20.0. The third-order valence-electron chi connectivity index (χ3n) is 2.99. The molecule has 0 aliphatic rings. The zero-order valence-corrected chi connectivity index (χ0v) is 13.1. The molecule has 1 heterocycles. The van der Waals surface area contributed by atoms with Crippen molar-refractivity contribution in [3.05, 3.63) is 39.7 Å². The van der Waals surface area contributed by atoms with E-state index in [1.165, 1.54) is 6.07 Å². The number of hydrogen-bond donors (Lipinski definition) is 0. The van der Waals surface area contributed by atoms with Crippen molar-refractivity contribution < 1.29 is 4.92 Å². The predicted molar refractivity (Wildman–Crippen MR) is 79.9 cm³/mol. The lowest BCUT2D eigenvalue weighted by Gasteiger charge is -2.13. The molecule has 0 fully saturated rings. The van der Waals surface area contributed by atoms with Crippen molar-refractivity contribution >= 4 is 21.6 Å². The van der Waals surface area contributed by atoms with Crippen molar-refractivity contribution in [2.75, 3.05) is 0 Å². The molecule has 0 N–H and O–H groups in total. The average Bonchev–Trinajstić information content (AvgIpc) is 2.81. The summed E-state index contributed by atoms with van der Waals surface area (Å²) in [6.07, 6.45) is 0. The van der Waals surface area contributed by atoms with E-state index in [0.717, 1.165) is 11.4 Å². The number of nitro groups is 1.